The van der Waals surface area contributed by atoms with Crippen molar-refractivity contribution in [2.24, 2.45) is 17.3 Å². The molecule has 0 bridgehead atoms. The van der Waals surface area contributed by atoms with E-state index in [0.717, 1.165) is 32.1 Å². The molecule has 3 aliphatic rings. The maximum Gasteiger partial charge on any atom is 0.139 e. The summed E-state index contributed by atoms with van der Waals surface area (Å²) in [7, 11) is 0. The summed E-state index contributed by atoms with van der Waals surface area (Å²) in [6.45, 7) is 10.2. The second kappa shape index (κ2) is 7.72. The quantitative estimate of drug-likeness (QED) is 0.646. The first-order valence-corrected chi connectivity index (χ1v) is 9.95. The fourth-order valence-corrected chi connectivity index (χ4v) is 5.34. The molecule has 0 aromatic heterocycles. The molecule has 0 saturated heterocycles. The molecule has 2 nitrogen and oxygen atoms in total. The monoisotopic (exact) mass is 330 g/mol. The second-order valence-electron chi connectivity index (χ2n) is 7.22. The van der Waals surface area contributed by atoms with Crippen LogP contribution in [0.25, 0.3) is 0 Å². The molecule has 4 unspecified atom stereocenters. The van der Waals surface area contributed by atoms with Gasteiger partial charge in [0.05, 0.1) is 0 Å². The Balaban J connectivity index is 0.000000487. The van der Waals surface area contributed by atoms with Gasteiger partial charge in [-0.05, 0) is 73.1 Å². The van der Waals surface area contributed by atoms with Gasteiger partial charge in [0.1, 0.15) is 11.5 Å². The Morgan fingerprint density at radius 2 is 1.75 bits per heavy atom. The van der Waals surface area contributed by atoms with Crippen LogP contribution in [0.15, 0.2) is 18.2 Å². The number of phenols is 1. The summed E-state index contributed by atoms with van der Waals surface area (Å²) in [6, 6.07) is 5.90. The lowest BCUT2D eigenvalue weighted by atomic mass is 9.55. The van der Waals surface area contributed by atoms with Gasteiger partial charge < -0.3 is 5.11 Å². The second-order valence-corrected chi connectivity index (χ2v) is 7.22. The van der Waals surface area contributed by atoms with Crippen LogP contribution in [0, 0.1) is 17.3 Å². The molecule has 2 saturated carbocycles. The van der Waals surface area contributed by atoms with Crippen LogP contribution in [0.5, 0.6) is 5.75 Å². The predicted octanol–water partition coefficient (Wildman–Crippen LogP) is 5.87. The molecule has 4 atom stereocenters. The predicted molar refractivity (Wildman–Crippen MR) is 100 cm³/mol. The molecule has 3 aliphatic carbocycles. The Hall–Kier alpha value is -1.31. The van der Waals surface area contributed by atoms with Crippen molar-refractivity contribution in [1.82, 2.24) is 0 Å². The van der Waals surface area contributed by atoms with Crippen molar-refractivity contribution in [3.05, 3.63) is 29.3 Å². The average Bonchev–Trinajstić information content (AvgIpc) is 2.93. The topological polar surface area (TPSA) is 37.3 Å². The van der Waals surface area contributed by atoms with E-state index in [0.29, 0.717) is 29.3 Å². The largest absolute Gasteiger partial charge is 0.508 e. The number of fused-ring (bicyclic) bond motifs is 5. The minimum atomic E-state index is -0.0322. The number of phenolic OH excluding ortho intramolecular Hbond substituents is 1. The van der Waals surface area contributed by atoms with Crippen LogP contribution in [0.2, 0.25) is 0 Å². The normalized spacial score (nSPS) is 33.0. The number of aryl methyl sites for hydroxylation is 1. The van der Waals surface area contributed by atoms with Gasteiger partial charge in [-0.1, -0.05) is 40.7 Å². The molecule has 1 N–H and O–H groups in total. The van der Waals surface area contributed by atoms with E-state index in [2.05, 4.69) is 13.0 Å². The van der Waals surface area contributed by atoms with Crippen LogP contribution in [0.1, 0.15) is 83.8 Å². The van der Waals surface area contributed by atoms with Crippen LogP contribution in [0.3, 0.4) is 0 Å². The number of hydrogen-bond acceptors (Lipinski definition) is 2. The Bertz CT molecular complexity index is 577. The number of carbonyl (C=O) groups excluding carboxylic acids is 1. The third kappa shape index (κ3) is 3.00. The van der Waals surface area contributed by atoms with E-state index in [1.165, 1.54) is 17.5 Å². The van der Waals surface area contributed by atoms with Crippen molar-refractivity contribution in [2.75, 3.05) is 0 Å². The molecule has 0 radical (unpaired) electrons. The van der Waals surface area contributed by atoms with Crippen LogP contribution >= 0.6 is 0 Å². The Labute approximate surface area is 147 Å². The molecule has 0 amide bonds. The first kappa shape index (κ1) is 19.0. The molecular weight excluding hydrogens is 296 g/mol. The summed E-state index contributed by atoms with van der Waals surface area (Å²) in [4.78, 5) is 12.3. The fraction of sp³-hybridized carbons (Fsp3) is 0.682. The number of ketones is 1. The Kier molecular flexibility index (Phi) is 6.11. The molecule has 0 heterocycles. The SMILES string of the molecule is CC.CC.CC12CCC3c4ccc(O)cc4CCC3C1CCC2=O. The third-order valence-electron chi connectivity index (χ3n) is 6.42. The number of Topliss-reactive ketones (excluding diaryl/α,β-unsaturated/α-hetero) is 1. The van der Waals surface area contributed by atoms with E-state index < -0.39 is 0 Å². The highest BCUT2D eigenvalue weighted by atomic mass is 16.3. The smallest absolute Gasteiger partial charge is 0.139 e. The molecule has 1 aromatic rings. The molecule has 4 rings (SSSR count). The Morgan fingerprint density at radius 3 is 2.46 bits per heavy atom. The highest BCUT2D eigenvalue weighted by Crippen LogP contribution is 2.59. The van der Waals surface area contributed by atoms with Gasteiger partial charge in [-0.2, -0.15) is 0 Å². The highest BCUT2D eigenvalue weighted by molar-refractivity contribution is 5.87. The third-order valence-corrected chi connectivity index (χ3v) is 6.42. The zero-order valence-electron chi connectivity index (χ0n) is 16.1. The van der Waals surface area contributed by atoms with Crippen LogP contribution in [0.4, 0.5) is 0 Å². The molecular formula is C22H34O2. The first-order valence-electron chi connectivity index (χ1n) is 9.95. The molecule has 1 aromatic carbocycles. The van der Waals surface area contributed by atoms with Crippen molar-refractivity contribution < 1.29 is 9.90 Å². The van der Waals surface area contributed by atoms with Crippen molar-refractivity contribution in [2.45, 2.75) is 79.1 Å². The zero-order chi connectivity index (χ0) is 17.9. The van der Waals surface area contributed by atoms with Gasteiger partial charge in [0.2, 0.25) is 0 Å². The van der Waals surface area contributed by atoms with Crippen LogP contribution < -0.4 is 0 Å². The van der Waals surface area contributed by atoms with E-state index in [4.69, 9.17) is 0 Å². The minimum absolute atomic E-state index is 0.0322. The summed E-state index contributed by atoms with van der Waals surface area (Å²) in [5, 5.41) is 9.67. The van der Waals surface area contributed by atoms with Gasteiger partial charge in [-0.3, -0.25) is 4.79 Å². The Morgan fingerprint density at radius 1 is 1.04 bits per heavy atom. The van der Waals surface area contributed by atoms with E-state index in [9.17, 15) is 9.90 Å². The maximum absolute atomic E-state index is 12.3. The molecule has 134 valence electrons. The van der Waals surface area contributed by atoms with Crippen LogP contribution in [-0.4, -0.2) is 10.9 Å². The van der Waals surface area contributed by atoms with Crippen molar-refractivity contribution in [1.29, 1.82) is 0 Å². The van der Waals surface area contributed by atoms with E-state index in [-0.39, 0.29) is 5.41 Å². The fourth-order valence-electron chi connectivity index (χ4n) is 5.34. The highest BCUT2D eigenvalue weighted by Gasteiger charge is 2.54. The number of rotatable bonds is 0. The van der Waals surface area contributed by atoms with Gasteiger partial charge in [-0.15, -0.1) is 0 Å². The molecule has 2 heteroatoms. The molecule has 24 heavy (non-hydrogen) atoms. The van der Waals surface area contributed by atoms with Gasteiger partial charge in [0.15, 0.2) is 0 Å². The lowest BCUT2D eigenvalue weighted by Crippen LogP contribution is -2.42. The van der Waals surface area contributed by atoms with Crippen molar-refractivity contribution in [3.63, 3.8) is 0 Å². The van der Waals surface area contributed by atoms with Crippen molar-refractivity contribution in [3.8, 4) is 5.75 Å². The lowest BCUT2D eigenvalue weighted by molar-refractivity contribution is -0.129. The van der Waals surface area contributed by atoms with E-state index in [1.54, 1.807) is 0 Å². The van der Waals surface area contributed by atoms with Gasteiger partial charge >= 0.3 is 0 Å². The number of benzene rings is 1. The van der Waals surface area contributed by atoms with E-state index >= 15 is 0 Å². The van der Waals surface area contributed by atoms with Gasteiger partial charge in [-0.25, -0.2) is 0 Å². The van der Waals surface area contributed by atoms with Crippen molar-refractivity contribution >= 4 is 5.78 Å². The van der Waals surface area contributed by atoms with E-state index in [1.807, 2.05) is 39.8 Å². The first-order chi connectivity index (χ1) is 11.6. The zero-order valence-corrected chi connectivity index (χ0v) is 16.1. The molecule has 2 fully saturated rings. The number of hydrogen-bond donors (Lipinski definition) is 1. The number of carbonyl (C=O) groups is 1. The summed E-state index contributed by atoms with van der Waals surface area (Å²) in [6.07, 6.45) is 6.34. The summed E-state index contributed by atoms with van der Waals surface area (Å²) in [5.74, 6) is 2.78. The molecule has 0 spiro atoms. The summed E-state index contributed by atoms with van der Waals surface area (Å²) >= 11 is 0. The molecule has 0 aliphatic heterocycles. The standard InChI is InChI=1S/C18H22O2.2C2H6/c1-18-9-8-14-13-5-3-12(19)10-11(13)2-4-15(14)16(18)6-7-17(18)20;2*1-2/h3,5,10,14-16,19H,2,4,6-9H2,1H3;2*1-2H3. The lowest BCUT2D eigenvalue weighted by Gasteiger charge is -2.48. The van der Waals surface area contributed by atoms with Gasteiger partial charge in [0.25, 0.3) is 0 Å². The van der Waals surface area contributed by atoms with Crippen LogP contribution in [-0.2, 0) is 11.2 Å². The summed E-state index contributed by atoms with van der Waals surface area (Å²) < 4.78 is 0. The summed E-state index contributed by atoms with van der Waals surface area (Å²) in [5.41, 5.74) is 2.75. The maximum atomic E-state index is 12.3. The number of aromatic hydroxyl groups is 1. The van der Waals surface area contributed by atoms with Gasteiger partial charge in [0, 0.05) is 11.8 Å². The minimum Gasteiger partial charge on any atom is -0.508 e. The average molecular weight is 331 g/mol.